The molecular weight excluding hydrogens is 441 g/mol. The Morgan fingerprint density at radius 3 is 2.56 bits per heavy atom. The molecule has 0 N–H and O–H groups in total. The molecule has 0 saturated carbocycles. The Bertz CT molecular complexity index is 972. The third-order valence-corrected chi connectivity index (χ3v) is 6.94. The fourth-order valence-electron chi connectivity index (χ4n) is 4.14. The van der Waals surface area contributed by atoms with E-state index >= 15 is 0 Å². The van der Waals surface area contributed by atoms with E-state index in [2.05, 4.69) is 9.88 Å². The number of carbonyl (C=O) groups excluding carboxylic acids is 2. The number of nitrogens with zero attached hydrogens (tertiary/aromatic N) is 4. The fourth-order valence-corrected chi connectivity index (χ4v) is 5.09. The van der Waals surface area contributed by atoms with Gasteiger partial charge in [0.1, 0.15) is 11.9 Å². The van der Waals surface area contributed by atoms with E-state index in [-0.39, 0.29) is 13.0 Å². The van der Waals surface area contributed by atoms with Crippen LogP contribution in [0.1, 0.15) is 38.8 Å². The van der Waals surface area contributed by atoms with Gasteiger partial charge in [0.05, 0.1) is 17.2 Å². The van der Waals surface area contributed by atoms with Crippen LogP contribution in [0.4, 0.5) is 24.0 Å². The zero-order chi connectivity index (χ0) is 23.7. The first-order chi connectivity index (χ1) is 15.0. The van der Waals surface area contributed by atoms with Crippen molar-refractivity contribution >= 4 is 34.2 Å². The van der Waals surface area contributed by atoms with Crippen LogP contribution in [0.2, 0.25) is 0 Å². The summed E-state index contributed by atoms with van der Waals surface area (Å²) in [4.78, 5) is 34.1. The second-order valence-corrected chi connectivity index (χ2v) is 9.14. The minimum absolute atomic E-state index is 0.220. The van der Waals surface area contributed by atoms with Crippen LogP contribution < -0.4 is 9.80 Å². The molecule has 6 nitrogen and oxygen atoms in total. The average Bonchev–Trinajstić information content (AvgIpc) is 3.32. The monoisotopic (exact) mass is 468 g/mol. The van der Waals surface area contributed by atoms with E-state index in [0.717, 1.165) is 47.3 Å². The summed E-state index contributed by atoms with van der Waals surface area (Å²) in [5, 5.41) is 1.35. The maximum atomic E-state index is 13.1. The predicted molar refractivity (Wildman–Crippen MR) is 119 cm³/mol. The molecule has 0 bridgehead atoms. The number of halogens is 3. The van der Waals surface area contributed by atoms with Crippen LogP contribution in [-0.2, 0) is 22.3 Å². The molecule has 2 aromatic rings. The number of ketones is 1. The van der Waals surface area contributed by atoms with Crippen LogP contribution in [0, 0.1) is 0 Å². The molecule has 174 valence electrons. The van der Waals surface area contributed by atoms with Crippen molar-refractivity contribution in [1.82, 2.24) is 9.88 Å². The number of pyridine rings is 1. The van der Waals surface area contributed by atoms with Crippen molar-refractivity contribution in [2.75, 3.05) is 29.6 Å². The Hall–Kier alpha value is -2.46. The third-order valence-electron chi connectivity index (χ3n) is 5.97. The Kier molecular flexibility index (Phi) is 6.94. The molecular formula is C22H27F3N4O2S. The Morgan fingerprint density at radius 2 is 2.00 bits per heavy atom. The van der Waals surface area contributed by atoms with Crippen LogP contribution in [0.25, 0.3) is 0 Å². The second-order valence-electron chi connectivity index (χ2n) is 8.25. The van der Waals surface area contributed by atoms with Crippen molar-refractivity contribution in [1.29, 1.82) is 0 Å². The van der Waals surface area contributed by atoms with E-state index in [1.54, 1.807) is 11.1 Å². The zero-order valence-corrected chi connectivity index (χ0v) is 19.3. The van der Waals surface area contributed by atoms with Gasteiger partial charge >= 0.3 is 6.18 Å². The summed E-state index contributed by atoms with van der Waals surface area (Å²) in [6, 6.07) is 4.02. The van der Waals surface area contributed by atoms with Gasteiger partial charge in [0.25, 0.3) is 0 Å². The Labute approximate surface area is 189 Å². The van der Waals surface area contributed by atoms with E-state index in [9.17, 15) is 22.8 Å². The van der Waals surface area contributed by atoms with E-state index < -0.39 is 29.1 Å². The minimum atomic E-state index is -4.47. The van der Waals surface area contributed by atoms with Crippen molar-refractivity contribution in [3.63, 3.8) is 0 Å². The van der Waals surface area contributed by atoms with Crippen molar-refractivity contribution in [2.45, 2.75) is 52.0 Å². The lowest BCUT2D eigenvalue weighted by molar-refractivity contribution is -0.137. The van der Waals surface area contributed by atoms with Gasteiger partial charge in [-0.2, -0.15) is 13.2 Å². The number of hydrogen-bond acceptors (Lipinski definition) is 7. The van der Waals surface area contributed by atoms with Crippen LogP contribution in [0.15, 0.2) is 29.8 Å². The fraction of sp³-hybridized carbons (Fsp3) is 0.500. The maximum absolute atomic E-state index is 13.1. The molecule has 2 aromatic heterocycles. The number of hydrogen-bond donors (Lipinski definition) is 0. The number of aldehydes is 1. The normalized spacial score (nSPS) is 18.7. The summed E-state index contributed by atoms with van der Waals surface area (Å²) in [6.07, 6.45) is -2.48. The highest BCUT2D eigenvalue weighted by atomic mass is 32.1. The first kappa shape index (κ1) is 24.2. The smallest absolute Gasteiger partial charge is 0.357 e. The van der Waals surface area contributed by atoms with Crippen LogP contribution >= 0.6 is 11.3 Å². The van der Waals surface area contributed by atoms with Crippen molar-refractivity contribution in [3.8, 4) is 0 Å². The van der Waals surface area contributed by atoms with Gasteiger partial charge in [-0.15, -0.1) is 11.3 Å². The lowest BCUT2D eigenvalue weighted by atomic mass is 9.91. The molecule has 32 heavy (non-hydrogen) atoms. The molecule has 1 saturated heterocycles. The highest BCUT2D eigenvalue weighted by molar-refractivity contribution is 7.14. The van der Waals surface area contributed by atoms with Gasteiger partial charge in [-0.05, 0) is 51.5 Å². The molecule has 10 heteroatoms. The van der Waals surface area contributed by atoms with Crippen LogP contribution in [-0.4, -0.2) is 53.3 Å². The number of Topliss-reactive ketones (excluding diaryl/α,β-unsaturated/α-hetero) is 1. The maximum Gasteiger partial charge on any atom is 0.417 e. The largest absolute Gasteiger partial charge is 0.417 e. The summed E-state index contributed by atoms with van der Waals surface area (Å²) in [5.41, 5.74) is -0.570. The zero-order valence-electron chi connectivity index (χ0n) is 18.5. The van der Waals surface area contributed by atoms with Gasteiger partial charge in [-0.3, -0.25) is 14.5 Å². The topological polar surface area (TPSA) is 56.8 Å². The molecule has 0 spiro atoms. The quantitative estimate of drug-likeness (QED) is 0.428. The van der Waals surface area contributed by atoms with Gasteiger partial charge in [0.2, 0.25) is 5.78 Å². The molecule has 0 radical (unpaired) electrons. The predicted octanol–water partition coefficient (Wildman–Crippen LogP) is 4.20. The van der Waals surface area contributed by atoms with E-state index in [1.807, 2.05) is 44.7 Å². The highest BCUT2D eigenvalue weighted by Crippen LogP contribution is 2.42. The van der Waals surface area contributed by atoms with E-state index in [1.165, 1.54) is 0 Å². The van der Waals surface area contributed by atoms with Crippen molar-refractivity contribution in [2.24, 2.45) is 0 Å². The Balaban J connectivity index is 1.93. The summed E-state index contributed by atoms with van der Waals surface area (Å²) < 4.78 is 39.4. The van der Waals surface area contributed by atoms with Crippen molar-refractivity contribution in [3.05, 3.63) is 40.9 Å². The molecule has 3 heterocycles. The molecule has 1 atom stereocenters. The molecule has 0 aromatic carbocycles. The number of thiophene rings is 1. The minimum Gasteiger partial charge on any atom is -0.357 e. The van der Waals surface area contributed by atoms with Crippen molar-refractivity contribution < 1.29 is 22.8 Å². The van der Waals surface area contributed by atoms with Gasteiger partial charge in [-0.1, -0.05) is 0 Å². The average molecular weight is 469 g/mol. The number of carbonyl (C=O) groups is 2. The number of anilines is 2. The van der Waals surface area contributed by atoms with Gasteiger partial charge in [0.15, 0.2) is 6.29 Å². The number of rotatable bonds is 8. The van der Waals surface area contributed by atoms with Crippen LogP contribution in [0.5, 0.6) is 0 Å². The third kappa shape index (κ3) is 4.66. The molecule has 1 aliphatic heterocycles. The summed E-state index contributed by atoms with van der Waals surface area (Å²) in [6.45, 7) is 10.1. The number of alkyl halides is 3. The van der Waals surface area contributed by atoms with Gasteiger partial charge in [0, 0.05) is 36.8 Å². The SMILES string of the molecule is CCN(CC)c1cc(CN2CN(c3cc(C(F)(F)F)cs3)C(C(=O)C=O)C2(C)C)ccn1. The molecule has 0 amide bonds. The van der Waals surface area contributed by atoms with Crippen LogP contribution in [0.3, 0.4) is 0 Å². The number of aromatic nitrogens is 1. The molecule has 3 rings (SSSR count). The molecule has 0 aliphatic carbocycles. The molecule has 1 aliphatic rings. The lowest BCUT2D eigenvalue weighted by Gasteiger charge is -2.34. The van der Waals surface area contributed by atoms with E-state index in [4.69, 9.17) is 0 Å². The van der Waals surface area contributed by atoms with E-state index in [0.29, 0.717) is 11.5 Å². The molecule has 1 unspecified atom stereocenters. The second kappa shape index (κ2) is 9.19. The van der Waals surface area contributed by atoms with Gasteiger partial charge in [-0.25, -0.2) is 4.98 Å². The standard InChI is InChI=1S/C22H27F3N4O2S/c1-5-27(6-2)18-9-15(7-8-26-18)11-28-14-29(20(17(31)12-30)21(28,3)4)19-10-16(13-32-19)22(23,24)25/h7-10,12-13,20H,5-6,11,14H2,1-4H3. The summed E-state index contributed by atoms with van der Waals surface area (Å²) in [5.74, 6) is 0.188. The first-order valence-corrected chi connectivity index (χ1v) is 11.3. The molecule has 1 fully saturated rings. The Morgan fingerprint density at radius 1 is 1.31 bits per heavy atom. The first-order valence-electron chi connectivity index (χ1n) is 10.4. The highest BCUT2D eigenvalue weighted by Gasteiger charge is 2.50. The summed E-state index contributed by atoms with van der Waals surface area (Å²) in [7, 11) is 0. The lowest BCUT2D eigenvalue weighted by Crippen LogP contribution is -2.51. The van der Waals surface area contributed by atoms with Gasteiger partial charge < -0.3 is 9.80 Å². The summed E-state index contributed by atoms with van der Waals surface area (Å²) >= 11 is 0.921.